The number of carbonyl (C=O) groups excluding carboxylic acids is 1. The van der Waals surface area contributed by atoms with E-state index in [9.17, 15) is 13.2 Å². The summed E-state index contributed by atoms with van der Waals surface area (Å²) < 4.78 is 23.9. The Morgan fingerprint density at radius 3 is 2.44 bits per heavy atom. The molecule has 0 heterocycles. The molecule has 0 saturated heterocycles. The van der Waals surface area contributed by atoms with Crippen LogP contribution in [-0.4, -0.2) is 19.1 Å². The van der Waals surface area contributed by atoms with Crippen molar-refractivity contribution >= 4 is 27.1 Å². The lowest BCUT2D eigenvalue weighted by molar-refractivity contribution is 0.102. The van der Waals surface area contributed by atoms with Gasteiger partial charge in [-0.3, -0.25) is 4.79 Å². The van der Waals surface area contributed by atoms with E-state index in [0.717, 1.165) is 5.56 Å². The molecule has 0 spiro atoms. The van der Waals surface area contributed by atoms with Gasteiger partial charge in [0.15, 0.2) is 9.84 Å². The van der Waals surface area contributed by atoms with Gasteiger partial charge in [0.05, 0.1) is 10.5 Å². The third-order valence-electron chi connectivity index (χ3n) is 3.98. The van der Waals surface area contributed by atoms with Gasteiger partial charge >= 0.3 is 0 Å². The van der Waals surface area contributed by atoms with Crippen LogP contribution in [0.15, 0.2) is 42.5 Å². The van der Waals surface area contributed by atoms with Crippen molar-refractivity contribution in [3.63, 3.8) is 0 Å². The van der Waals surface area contributed by atoms with Crippen LogP contribution in [0, 0.1) is 6.92 Å². The Kier molecular flexibility index (Phi) is 5.23. The fourth-order valence-corrected chi connectivity index (χ4v) is 3.31. The highest BCUT2D eigenvalue weighted by Gasteiger charge is 2.29. The number of nitrogen functional groups attached to an aromatic ring is 1. The summed E-state index contributed by atoms with van der Waals surface area (Å²) in [5, 5.41) is 2.80. The highest BCUT2D eigenvalue weighted by Crippen LogP contribution is 2.22. The molecule has 6 heteroatoms. The number of amides is 1. The second kappa shape index (κ2) is 6.88. The van der Waals surface area contributed by atoms with Gasteiger partial charge in [0, 0.05) is 16.9 Å². The first-order valence-electron chi connectivity index (χ1n) is 7.98. The number of sulfone groups is 1. The molecule has 5 nitrogen and oxygen atoms in total. The van der Waals surface area contributed by atoms with Crippen molar-refractivity contribution in [2.75, 3.05) is 11.1 Å². The fourth-order valence-electron chi connectivity index (χ4n) is 2.26. The maximum atomic E-state index is 12.5. The average Bonchev–Trinajstić information content (AvgIpc) is 2.48. The summed E-state index contributed by atoms with van der Waals surface area (Å²) in [5.41, 5.74) is 8.76. The molecule has 0 aromatic heterocycles. The number of nitrogens with one attached hydrogen (secondary N) is 1. The van der Waals surface area contributed by atoms with Gasteiger partial charge in [-0.25, -0.2) is 8.42 Å². The molecule has 0 aliphatic rings. The second-order valence-corrected chi connectivity index (χ2v) is 9.84. The molecule has 0 aliphatic heterocycles. The molecule has 2 aromatic rings. The molecule has 2 aromatic carbocycles. The summed E-state index contributed by atoms with van der Waals surface area (Å²) in [7, 11) is -3.29. The van der Waals surface area contributed by atoms with Crippen LogP contribution in [-0.2, 0) is 15.6 Å². The summed E-state index contributed by atoms with van der Waals surface area (Å²) in [6, 6.07) is 12.0. The minimum Gasteiger partial charge on any atom is -0.399 e. The Balaban J connectivity index is 2.22. The van der Waals surface area contributed by atoms with E-state index in [-0.39, 0.29) is 11.7 Å². The molecule has 25 heavy (non-hydrogen) atoms. The Labute approximate surface area is 149 Å². The van der Waals surface area contributed by atoms with E-state index >= 15 is 0 Å². The molecule has 0 bridgehead atoms. The van der Waals surface area contributed by atoms with Crippen molar-refractivity contribution in [1.29, 1.82) is 0 Å². The van der Waals surface area contributed by atoms with Crippen LogP contribution in [0.5, 0.6) is 0 Å². The maximum absolute atomic E-state index is 12.5. The van der Waals surface area contributed by atoms with Gasteiger partial charge in [-0.2, -0.15) is 0 Å². The van der Waals surface area contributed by atoms with E-state index < -0.39 is 14.6 Å². The summed E-state index contributed by atoms with van der Waals surface area (Å²) in [6.07, 6.45) is 0. The van der Waals surface area contributed by atoms with E-state index in [2.05, 4.69) is 5.32 Å². The van der Waals surface area contributed by atoms with Gasteiger partial charge in [-0.1, -0.05) is 18.2 Å². The zero-order chi connectivity index (χ0) is 18.8. The monoisotopic (exact) mass is 360 g/mol. The van der Waals surface area contributed by atoms with Crippen LogP contribution in [0.2, 0.25) is 0 Å². The highest BCUT2D eigenvalue weighted by atomic mass is 32.2. The van der Waals surface area contributed by atoms with Crippen molar-refractivity contribution in [2.24, 2.45) is 0 Å². The van der Waals surface area contributed by atoms with Crippen LogP contribution in [0.25, 0.3) is 0 Å². The van der Waals surface area contributed by atoms with Crippen LogP contribution >= 0.6 is 0 Å². The van der Waals surface area contributed by atoms with Crippen LogP contribution < -0.4 is 11.1 Å². The summed E-state index contributed by atoms with van der Waals surface area (Å²) in [4.78, 5) is 12.5. The number of nitrogens with two attached hydrogens (primary N) is 1. The minimum atomic E-state index is -3.29. The normalized spacial score (nSPS) is 12.0. The third-order valence-corrected chi connectivity index (χ3v) is 6.56. The molecule has 0 saturated carbocycles. The Morgan fingerprint density at radius 2 is 1.80 bits per heavy atom. The number of hydrogen-bond acceptors (Lipinski definition) is 4. The summed E-state index contributed by atoms with van der Waals surface area (Å²) >= 11 is 0. The standard InChI is InChI=1S/C19H24N2O3S/c1-13-8-9-15(20)11-17(13)18(22)21-16-7-5-6-14(10-16)12-25(23,24)19(2,3)4/h5-11H,12,20H2,1-4H3,(H,21,22). The Hall–Kier alpha value is -2.34. The smallest absolute Gasteiger partial charge is 0.256 e. The van der Waals surface area contributed by atoms with Gasteiger partial charge in [0.2, 0.25) is 0 Å². The molecular weight excluding hydrogens is 336 g/mol. The minimum absolute atomic E-state index is 0.0719. The first-order chi connectivity index (χ1) is 11.5. The lowest BCUT2D eigenvalue weighted by Gasteiger charge is -2.19. The molecule has 0 atom stereocenters. The zero-order valence-corrected chi connectivity index (χ0v) is 15.8. The molecule has 0 unspecified atom stereocenters. The largest absolute Gasteiger partial charge is 0.399 e. The predicted molar refractivity (Wildman–Crippen MR) is 102 cm³/mol. The molecule has 134 valence electrons. The predicted octanol–water partition coefficient (Wildman–Crippen LogP) is 3.54. The molecular formula is C19H24N2O3S. The highest BCUT2D eigenvalue weighted by molar-refractivity contribution is 7.91. The van der Waals surface area contributed by atoms with Crippen LogP contribution in [0.1, 0.15) is 42.3 Å². The Morgan fingerprint density at radius 1 is 1.12 bits per heavy atom. The van der Waals surface area contributed by atoms with E-state index in [1.807, 2.05) is 6.92 Å². The quantitative estimate of drug-likeness (QED) is 0.816. The van der Waals surface area contributed by atoms with Crippen molar-refractivity contribution in [3.8, 4) is 0 Å². The number of carbonyl (C=O) groups is 1. The van der Waals surface area contributed by atoms with Crippen LogP contribution in [0.3, 0.4) is 0 Å². The lowest BCUT2D eigenvalue weighted by atomic mass is 10.1. The summed E-state index contributed by atoms with van der Waals surface area (Å²) in [6.45, 7) is 6.87. The molecule has 0 fully saturated rings. The van der Waals surface area contributed by atoms with Gasteiger partial charge in [-0.15, -0.1) is 0 Å². The number of anilines is 2. The van der Waals surface area contributed by atoms with Gasteiger partial charge in [0.25, 0.3) is 5.91 Å². The number of rotatable bonds is 4. The Bertz CT molecular complexity index is 897. The van der Waals surface area contributed by atoms with E-state index in [0.29, 0.717) is 22.5 Å². The fraction of sp³-hybridized carbons (Fsp3) is 0.316. The lowest BCUT2D eigenvalue weighted by Crippen LogP contribution is -2.29. The molecule has 3 N–H and O–H groups in total. The summed E-state index contributed by atoms with van der Waals surface area (Å²) in [5.74, 6) is -0.349. The second-order valence-electron chi connectivity index (χ2n) is 7.10. The van der Waals surface area contributed by atoms with Gasteiger partial charge in [0.1, 0.15) is 0 Å². The number of hydrogen-bond donors (Lipinski definition) is 2. The van der Waals surface area contributed by atoms with Crippen molar-refractivity contribution < 1.29 is 13.2 Å². The van der Waals surface area contributed by atoms with E-state index in [4.69, 9.17) is 5.73 Å². The van der Waals surface area contributed by atoms with E-state index in [1.54, 1.807) is 63.2 Å². The van der Waals surface area contributed by atoms with Crippen molar-refractivity contribution in [1.82, 2.24) is 0 Å². The van der Waals surface area contributed by atoms with Crippen LogP contribution in [0.4, 0.5) is 11.4 Å². The first-order valence-corrected chi connectivity index (χ1v) is 9.63. The molecule has 0 radical (unpaired) electrons. The molecule has 1 amide bonds. The average molecular weight is 360 g/mol. The zero-order valence-electron chi connectivity index (χ0n) is 15.0. The van der Waals surface area contributed by atoms with Gasteiger partial charge in [-0.05, 0) is 63.1 Å². The van der Waals surface area contributed by atoms with Gasteiger partial charge < -0.3 is 11.1 Å². The number of aryl methyl sites for hydroxylation is 1. The first kappa shape index (κ1) is 19.0. The van der Waals surface area contributed by atoms with Crippen molar-refractivity contribution in [2.45, 2.75) is 38.2 Å². The molecule has 0 aliphatic carbocycles. The maximum Gasteiger partial charge on any atom is 0.256 e. The SMILES string of the molecule is Cc1ccc(N)cc1C(=O)Nc1cccc(CS(=O)(=O)C(C)(C)C)c1. The number of benzene rings is 2. The molecule has 2 rings (SSSR count). The van der Waals surface area contributed by atoms with Crippen molar-refractivity contribution in [3.05, 3.63) is 59.2 Å². The topological polar surface area (TPSA) is 89.3 Å². The van der Waals surface area contributed by atoms with E-state index in [1.165, 1.54) is 0 Å². The third kappa shape index (κ3) is 4.60.